The zero-order chi connectivity index (χ0) is 15.1. The SMILES string of the molecule is Cc1c(-c2ccc3nc(NC=O)cn3c2)ccc2c1SCN2. The lowest BCUT2D eigenvalue weighted by Crippen LogP contribution is -1.92. The third-order valence-corrected chi connectivity index (χ3v) is 4.96. The minimum atomic E-state index is 0.553. The van der Waals surface area contributed by atoms with Crippen LogP contribution < -0.4 is 10.6 Å². The maximum atomic E-state index is 10.5. The summed E-state index contributed by atoms with van der Waals surface area (Å²) in [5, 5.41) is 5.95. The highest BCUT2D eigenvalue weighted by Crippen LogP contribution is 2.40. The van der Waals surface area contributed by atoms with Gasteiger partial charge in [-0.1, -0.05) is 6.07 Å². The Balaban J connectivity index is 1.82. The number of anilines is 2. The van der Waals surface area contributed by atoms with Crippen LogP contribution in [-0.4, -0.2) is 21.7 Å². The van der Waals surface area contributed by atoms with Gasteiger partial charge in [-0.3, -0.25) is 4.79 Å². The van der Waals surface area contributed by atoms with Gasteiger partial charge >= 0.3 is 0 Å². The van der Waals surface area contributed by atoms with Crippen LogP contribution in [0.1, 0.15) is 5.56 Å². The first kappa shape index (κ1) is 13.2. The molecular weight excluding hydrogens is 296 g/mol. The van der Waals surface area contributed by atoms with Gasteiger partial charge in [0.05, 0.1) is 12.1 Å². The number of hydrogen-bond donors (Lipinski definition) is 2. The van der Waals surface area contributed by atoms with E-state index in [1.807, 2.05) is 34.6 Å². The Morgan fingerprint density at radius 3 is 3.09 bits per heavy atom. The molecule has 6 heteroatoms. The predicted octanol–water partition coefficient (Wildman–Crippen LogP) is 3.35. The van der Waals surface area contributed by atoms with Crippen molar-refractivity contribution >= 4 is 35.3 Å². The second-order valence-corrected chi connectivity index (χ2v) is 6.14. The standard InChI is InChI=1S/C16H14N4OS/c1-10-12(3-4-13-16(10)22-9-18-13)11-2-5-15-19-14(17-8-21)7-20(15)6-11/h2-8,18H,9H2,1H3,(H,17,21). The van der Waals surface area contributed by atoms with Crippen molar-refractivity contribution in [3.8, 4) is 11.1 Å². The van der Waals surface area contributed by atoms with E-state index < -0.39 is 0 Å². The summed E-state index contributed by atoms with van der Waals surface area (Å²) in [6.45, 7) is 2.16. The average Bonchev–Trinajstić information content (AvgIpc) is 3.13. The first-order valence-corrected chi connectivity index (χ1v) is 7.94. The van der Waals surface area contributed by atoms with Gasteiger partial charge in [0.1, 0.15) is 5.65 Å². The Labute approximate surface area is 131 Å². The summed E-state index contributed by atoms with van der Waals surface area (Å²) in [6, 6.07) is 8.31. The van der Waals surface area contributed by atoms with Gasteiger partial charge in [0.15, 0.2) is 5.82 Å². The van der Waals surface area contributed by atoms with Gasteiger partial charge in [0.25, 0.3) is 0 Å². The number of rotatable bonds is 3. The largest absolute Gasteiger partial charge is 0.375 e. The highest BCUT2D eigenvalue weighted by Gasteiger charge is 2.16. The van der Waals surface area contributed by atoms with Gasteiger partial charge in [-0.15, -0.1) is 11.8 Å². The molecule has 22 heavy (non-hydrogen) atoms. The normalized spacial score (nSPS) is 13.0. The summed E-state index contributed by atoms with van der Waals surface area (Å²) in [5.74, 6) is 1.48. The van der Waals surface area contributed by atoms with Crippen LogP contribution in [0.3, 0.4) is 0 Å². The van der Waals surface area contributed by atoms with Crippen molar-refractivity contribution in [3.63, 3.8) is 0 Å². The Kier molecular flexibility index (Phi) is 3.04. The molecule has 1 aromatic carbocycles. The second kappa shape index (κ2) is 5.06. The summed E-state index contributed by atoms with van der Waals surface area (Å²) in [5.41, 5.74) is 5.67. The third-order valence-electron chi connectivity index (χ3n) is 3.85. The molecule has 0 radical (unpaired) electrons. The number of carbonyl (C=O) groups is 1. The van der Waals surface area contributed by atoms with Crippen molar-refractivity contribution in [2.24, 2.45) is 0 Å². The molecule has 0 fully saturated rings. The monoisotopic (exact) mass is 310 g/mol. The molecular formula is C16H14N4OS. The quantitative estimate of drug-likeness (QED) is 0.728. The van der Waals surface area contributed by atoms with Crippen molar-refractivity contribution in [2.75, 3.05) is 16.5 Å². The number of imidazole rings is 1. The molecule has 3 heterocycles. The topological polar surface area (TPSA) is 58.4 Å². The lowest BCUT2D eigenvalue weighted by Gasteiger charge is -2.10. The van der Waals surface area contributed by atoms with Crippen LogP contribution in [-0.2, 0) is 4.79 Å². The molecule has 0 unspecified atom stereocenters. The predicted molar refractivity (Wildman–Crippen MR) is 89.4 cm³/mol. The zero-order valence-corrected chi connectivity index (χ0v) is 12.8. The summed E-state index contributed by atoms with van der Waals surface area (Å²) < 4.78 is 1.93. The Hall–Kier alpha value is -2.47. The van der Waals surface area contributed by atoms with Crippen molar-refractivity contribution in [1.29, 1.82) is 0 Å². The van der Waals surface area contributed by atoms with E-state index in [2.05, 4.69) is 40.7 Å². The second-order valence-electron chi connectivity index (χ2n) is 5.15. The molecule has 0 saturated carbocycles. The van der Waals surface area contributed by atoms with Gasteiger partial charge in [0.2, 0.25) is 6.41 Å². The molecule has 0 spiro atoms. The van der Waals surface area contributed by atoms with Crippen molar-refractivity contribution in [2.45, 2.75) is 11.8 Å². The highest BCUT2D eigenvalue weighted by atomic mass is 32.2. The first-order valence-electron chi connectivity index (χ1n) is 6.96. The fraction of sp³-hybridized carbons (Fsp3) is 0.125. The van der Waals surface area contributed by atoms with Gasteiger partial charge < -0.3 is 15.0 Å². The number of aromatic nitrogens is 2. The number of thioether (sulfide) groups is 1. The Morgan fingerprint density at radius 2 is 2.23 bits per heavy atom. The van der Waals surface area contributed by atoms with Crippen molar-refractivity contribution < 1.29 is 4.79 Å². The van der Waals surface area contributed by atoms with Crippen LogP contribution in [0, 0.1) is 6.92 Å². The number of carbonyl (C=O) groups excluding carboxylic acids is 1. The number of fused-ring (bicyclic) bond motifs is 2. The molecule has 0 saturated heterocycles. The van der Waals surface area contributed by atoms with E-state index in [1.54, 1.807) is 0 Å². The van der Waals surface area contributed by atoms with E-state index >= 15 is 0 Å². The van der Waals surface area contributed by atoms with E-state index in [9.17, 15) is 4.79 Å². The van der Waals surface area contributed by atoms with Crippen LogP contribution in [0.5, 0.6) is 0 Å². The number of amides is 1. The molecule has 1 aliphatic heterocycles. The molecule has 1 aliphatic rings. The Bertz CT molecular complexity index is 887. The van der Waals surface area contributed by atoms with E-state index in [4.69, 9.17) is 0 Å². The smallest absolute Gasteiger partial charge is 0.212 e. The molecule has 1 amide bonds. The van der Waals surface area contributed by atoms with Gasteiger partial charge in [-0.05, 0) is 41.8 Å². The molecule has 5 nitrogen and oxygen atoms in total. The number of nitrogens with zero attached hydrogens (tertiary/aromatic N) is 2. The van der Waals surface area contributed by atoms with Crippen LogP contribution in [0.25, 0.3) is 16.8 Å². The van der Waals surface area contributed by atoms with Gasteiger partial charge in [-0.2, -0.15) is 0 Å². The minimum Gasteiger partial charge on any atom is -0.375 e. The average molecular weight is 310 g/mol. The fourth-order valence-corrected chi connectivity index (χ4v) is 3.79. The van der Waals surface area contributed by atoms with Crippen LogP contribution in [0.2, 0.25) is 0 Å². The molecule has 0 atom stereocenters. The number of pyridine rings is 1. The highest BCUT2D eigenvalue weighted by molar-refractivity contribution is 8.00. The first-order chi connectivity index (χ1) is 10.8. The molecule has 4 rings (SSSR count). The summed E-state index contributed by atoms with van der Waals surface area (Å²) in [4.78, 5) is 16.2. The molecule has 2 aromatic heterocycles. The Morgan fingerprint density at radius 1 is 1.32 bits per heavy atom. The van der Waals surface area contributed by atoms with E-state index in [0.717, 1.165) is 17.1 Å². The van der Waals surface area contributed by atoms with E-state index in [1.165, 1.54) is 21.7 Å². The molecule has 110 valence electrons. The maximum absolute atomic E-state index is 10.5. The van der Waals surface area contributed by atoms with E-state index in [0.29, 0.717) is 12.2 Å². The maximum Gasteiger partial charge on any atom is 0.212 e. The number of nitrogens with one attached hydrogen (secondary N) is 2. The summed E-state index contributed by atoms with van der Waals surface area (Å²) in [7, 11) is 0. The summed E-state index contributed by atoms with van der Waals surface area (Å²) in [6.07, 6.45) is 4.49. The molecule has 0 aliphatic carbocycles. The molecule has 3 aromatic rings. The minimum absolute atomic E-state index is 0.553. The summed E-state index contributed by atoms with van der Waals surface area (Å²) >= 11 is 1.84. The van der Waals surface area contributed by atoms with Crippen LogP contribution >= 0.6 is 11.8 Å². The zero-order valence-electron chi connectivity index (χ0n) is 12.0. The number of benzene rings is 1. The number of hydrogen-bond acceptors (Lipinski definition) is 4. The van der Waals surface area contributed by atoms with E-state index in [-0.39, 0.29) is 0 Å². The van der Waals surface area contributed by atoms with Crippen molar-refractivity contribution in [3.05, 3.63) is 42.2 Å². The van der Waals surface area contributed by atoms with Crippen molar-refractivity contribution in [1.82, 2.24) is 9.38 Å². The molecule has 0 bridgehead atoms. The lowest BCUT2D eigenvalue weighted by atomic mass is 10.0. The third kappa shape index (κ3) is 2.03. The fourth-order valence-electron chi connectivity index (χ4n) is 2.80. The lowest BCUT2D eigenvalue weighted by molar-refractivity contribution is -0.105. The van der Waals surface area contributed by atoms with Gasteiger partial charge in [-0.25, -0.2) is 4.98 Å². The van der Waals surface area contributed by atoms with Gasteiger partial charge in [0, 0.05) is 16.8 Å². The molecule has 2 N–H and O–H groups in total. The van der Waals surface area contributed by atoms with Crippen LogP contribution in [0.15, 0.2) is 41.6 Å². The van der Waals surface area contributed by atoms with Crippen LogP contribution in [0.4, 0.5) is 11.5 Å².